The van der Waals surface area contributed by atoms with E-state index in [1.807, 2.05) is 0 Å². The van der Waals surface area contributed by atoms with E-state index in [0.29, 0.717) is 0 Å². The minimum atomic E-state index is -0.315. The lowest BCUT2D eigenvalue weighted by Gasteiger charge is -1.76. The van der Waals surface area contributed by atoms with Gasteiger partial charge >= 0.3 is 5.69 Å². The first-order chi connectivity index (χ1) is 3.72. The van der Waals surface area contributed by atoms with Gasteiger partial charge in [0.25, 0.3) is 0 Å². The predicted octanol–water partition coefficient (Wildman–Crippen LogP) is -0.287. The van der Waals surface area contributed by atoms with Crippen molar-refractivity contribution >= 4 is 0 Å². The van der Waals surface area contributed by atoms with Crippen molar-refractivity contribution in [3.63, 3.8) is 0 Å². The highest BCUT2D eigenvalue weighted by atomic mass is 16.1. The maximum atomic E-state index is 10.5. The quantitative estimate of drug-likeness (QED) is 0.477. The summed E-state index contributed by atoms with van der Waals surface area (Å²) in [4.78, 5) is 11.3. The minimum Gasteiger partial charge on any atom is -0.313 e. The van der Waals surface area contributed by atoms with Crippen molar-refractivity contribution in [1.82, 2.24) is 9.54 Å². The summed E-state index contributed by atoms with van der Waals surface area (Å²) in [5, 5.41) is 0. The SMILES string of the molecule is [2H]n1ccn(C)c1=O. The van der Waals surface area contributed by atoms with Gasteiger partial charge in [-0.1, -0.05) is 0 Å². The van der Waals surface area contributed by atoms with Gasteiger partial charge in [0.15, 0.2) is 1.41 Å². The highest BCUT2D eigenvalue weighted by Crippen LogP contribution is 1.64. The van der Waals surface area contributed by atoms with Crippen molar-refractivity contribution in [3.8, 4) is 0 Å². The fraction of sp³-hybridized carbons (Fsp3) is 0.250. The average molecular weight is 99.1 g/mol. The molecule has 0 unspecified atom stereocenters. The van der Waals surface area contributed by atoms with Crippen molar-refractivity contribution in [3.05, 3.63) is 22.9 Å². The summed E-state index contributed by atoms with van der Waals surface area (Å²) in [5.74, 6) is 0. The molecule has 1 aromatic rings. The van der Waals surface area contributed by atoms with Crippen LogP contribution >= 0.6 is 0 Å². The lowest BCUT2D eigenvalue weighted by molar-refractivity contribution is 0.862. The van der Waals surface area contributed by atoms with Crippen molar-refractivity contribution in [2.75, 3.05) is 0 Å². The third-order valence-corrected chi connectivity index (χ3v) is 0.777. The van der Waals surface area contributed by atoms with E-state index in [1.165, 1.54) is 17.0 Å². The van der Waals surface area contributed by atoms with Gasteiger partial charge in [-0.05, 0) is 0 Å². The molecule has 0 radical (unpaired) electrons. The summed E-state index contributed by atoms with van der Waals surface area (Å²) in [6.07, 6.45) is 2.93. The maximum absolute atomic E-state index is 10.5. The maximum Gasteiger partial charge on any atom is 0.325 e. The topological polar surface area (TPSA) is 37.8 Å². The first-order valence-corrected chi connectivity index (χ1v) is 1.95. The number of aryl methyl sites for hydroxylation is 1. The Bertz CT molecular complexity index is 214. The Labute approximate surface area is 42.1 Å². The molecular weight excluding hydrogens is 92.1 g/mol. The van der Waals surface area contributed by atoms with Crippen LogP contribution in [0.1, 0.15) is 0 Å². The van der Waals surface area contributed by atoms with Crippen LogP contribution in [0.2, 0.25) is 1.41 Å². The first-order valence-electron chi connectivity index (χ1n) is 2.40. The molecule has 0 saturated carbocycles. The molecule has 0 spiro atoms. The number of rotatable bonds is 0. The zero-order valence-electron chi connectivity index (χ0n) is 4.96. The molecule has 0 aliphatic rings. The molecule has 1 heterocycles. The van der Waals surface area contributed by atoms with Gasteiger partial charge < -0.3 is 9.54 Å². The Morgan fingerprint density at radius 1 is 2.14 bits per heavy atom. The highest BCUT2D eigenvalue weighted by molar-refractivity contribution is 4.72. The van der Waals surface area contributed by atoms with Crippen molar-refractivity contribution in [2.24, 2.45) is 7.05 Å². The fourth-order valence-corrected chi connectivity index (χ4v) is 0.352. The molecule has 0 aliphatic carbocycles. The standard InChI is InChI=1S/C4H6N2O/c1-6-3-2-5-4(6)7/h2-3H,1H3,(H,5,7)/i/hD. The van der Waals surface area contributed by atoms with Crippen molar-refractivity contribution in [2.45, 2.75) is 0 Å². The summed E-state index contributed by atoms with van der Waals surface area (Å²) in [6, 6.07) is 0. The molecule has 3 nitrogen and oxygen atoms in total. The number of imidazole rings is 1. The molecule has 0 fully saturated rings. The normalized spacial score (nSPS) is 11.3. The molecule has 1 N–H and O–H groups in total. The van der Waals surface area contributed by atoms with E-state index in [-0.39, 0.29) is 5.69 Å². The Morgan fingerprint density at radius 2 is 2.86 bits per heavy atom. The van der Waals surface area contributed by atoms with E-state index >= 15 is 0 Å². The average Bonchev–Trinajstić information content (AvgIpc) is 1.98. The predicted molar refractivity (Wildman–Crippen MR) is 26.0 cm³/mol. The molecule has 0 saturated heterocycles. The summed E-state index contributed by atoms with van der Waals surface area (Å²) >= 11 is 0. The minimum absolute atomic E-state index is 0.315. The number of nitrogens with one attached hydrogen (secondary N) is 1. The fourth-order valence-electron chi connectivity index (χ4n) is 0.352. The highest BCUT2D eigenvalue weighted by Gasteiger charge is 1.80. The van der Waals surface area contributed by atoms with Crippen LogP contribution in [0.15, 0.2) is 17.2 Å². The van der Waals surface area contributed by atoms with Crippen LogP contribution in [0.4, 0.5) is 0 Å². The largest absolute Gasteiger partial charge is 0.325 e. The number of hydrogen-bond donors (Lipinski definition) is 1. The second-order valence-corrected chi connectivity index (χ2v) is 1.32. The van der Waals surface area contributed by atoms with Crippen molar-refractivity contribution in [1.29, 1.82) is 0 Å². The zero-order valence-corrected chi connectivity index (χ0v) is 3.96. The summed E-state index contributed by atoms with van der Waals surface area (Å²) in [6.45, 7) is 0. The lowest BCUT2D eigenvalue weighted by Crippen LogP contribution is -2.10. The van der Waals surface area contributed by atoms with Gasteiger partial charge in [0.05, 0.1) is 0 Å². The molecule has 0 atom stereocenters. The van der Waals surface area contributed by atoms with Gasteiger partial charge in [0.2, 0.25) is 0 Å². The van der Waals surface area contributed by atoms with Gasteiger partial charge in [0, 0.05) is 19.4 Å². The number of H-pyrrole nitrogens is 1. The van der Waals surface area contributed by atoms with Gasteiger partial charge in [-0.2, -0.15) is 0 Å². The second-order valence-electron chi connectivity index (χ2n) is 1.32. The van der Waals surface area contributed by atoms with Crippen LogP contribution in [0.3, 0.4) is 0 Å². The second kappa shape index (κ2) is 1.26. The van der Waals surface area contributed by atoms with Gasteiger partial charge in [0.1, 0.15) is 0 Å². The Hall–Kier alpha value is -0.990. The molecule has 0 aromatic carbocycles. The van der Waals surface area contributed by atoms with E-state index in [1.54, 1.807) is 7.05 Å². The van der Waals surface area contributed by atoms with Crippen LogP contribution in [-0.4, -0.2) is 9.54 Å². The Balaban J connectivity index is 3.42. The zero-order chi connectivity index (χ0) is 6.15. The van der Waals surface area contributed by atoms with Crippen LogP contribution in [0.5, 0.6) is 0 Å². The van der Waals surface area contributed by atoms with E-state index in [4.69, 9.17) is 1.41 Å². The molecule has 3 heteroatoms. The van der Waals surface area contributed by atoms with Crippen LogP contribution in [0, 0.1) is 0 Å². The molecule has 0 aliphatic heterocycles. The summed E-state index contributed by atoms with van der Waals surface area (Å²) < 4.78 is 8.16. The monoisotopic (exact) mass is 99.1 g/mol. The third kappa shape index (κ3) is 0.559. The molecule has 0 bridgehead atoms. The molecule has 1 aromatic heterocycles. The number of aromatic amines is 1. The molecular formula is C4H6N2O. The van der Waals surface area contributed by atoms with E-state index in [2.05, 4.69) is 0 Å². The summed E-state index contributed by atoms with van der Waals surface area (Å²) in [5.41, 5.74) is -0.315. The van der Waals surface area contributed by atoms with Gasteiger partial charge in [-0.15, -0.1) is 0 Å². The number of hydrogen-bond acceptors (Lipinski definition) is 1. The number of nitrogens with zero attached hydrogens (tertiary/aromatic N) is 1. The van der Waals surface area contributed by atoms with E-state index < -0.39 is 0 Å². The molecule has 38 valence electrons. The molecule has 7 heavy (non-hydrogen) atoms. The third-order valence-electron chi connectivity index (χ3n) is 0.777. The van der Waals surface area contributed by atoms with Crippen LogP contribution in [-0.2, 0) is 7.05 Å². The van der Waals surface area contributed by atoms with E-state index in [0.717, 1.165) is 4.98 Å². The van der Waals surface area contributed by atoms with Gasteiger partial charge in [-0.3, -0.25) is 0 Å². The first kappa shape index (κ1) is 3.07. The molecule has 1 rings (SSSR count). The lowest BCUT2D eigenvalue weighted by atomic mass is 10.9. The van der Waals surface area contributed by atoms with Gasteiger partial charge in [-0.25, -0.2) is 4.79 Å². The summed E-state index contributed by atoms with van der Waals surface area (Å²) in [7, 11) is 1.60. The number of aromatic nitrogens is 2. The van der Waals surface area contributed by atoms with Crippen LogP contribution < -0.4 is 5.69 Å². The van der Waals surface area contributed by atoms with E-state index in [9.17, 15) is 4.79 Å². The smallest absolute Gasteiger partial charge is 0.313 e. The van der Waals surface area contributed by atoms with Crippen molar-refractivity contribution < 1.29 is 1.41 Å². The molecule has 0 amide bonds. The Morgan fingerprint density at radius 3 is 3.00 bits per heavy atom. The van der Waals surface area contributed by atoms with Crippen LogP contribution in [0.25, 0.3) is 0 Å². The Kier molecular flexibility index (Phi) is 0.551.